The van der Waals surface area contributed by atoms with Crippen molar-refractivity contribution in [1.29, 1.82) is 0 Å². The lowest BCUT2D eigenvalue weighted by atomic mass is 10.0. The Bertz CT molecular complexity index is 697. The van der Waals surface area contributed by atoms with Crippen molar-refractivity contribution < 1.29 is 14.2 Å². The van der Waals surface area contributed by atoms with Crippen LogP contribution in [0.4, 0.5) is 0 Å². The average Bonchev–Trinajstić information content (AvgIpc) is 2.66. The maximum absolute atomic E-state index is 5.95. The van der Waals surface area contributed by atoms with Crippen LogP contribution < -0.4 is 14.8 Å². The topological polar surface area (TPSA) is 39.7 Å². The number of hydrogen-bond acceptors (Lipinski definition) is 4. The molecule has 0 bridgehead atoms. The van der Waals surface area contributed by atoms with Gasteiger partial charge in [0, 0.05) is 12.7 Å². The Kier molecular flexibility index (Phi) is 5.61. The van der Waals surface area contributed by atoms with Gasteiger partial charge in [0.05, 0.1) is 7.11 Å². The summed E-state index contributed by atoms with van der Waals surface area (Å²) in [5.74, 6) is 2.64. The molecule has 0 spiro atoms. The summed E-state index contributed by atoms with van der Waals surface area (Å²) < 4.78 is 16.8. The first kappa shape index (κ1) is 16.2. The number of hydrogen-bond donors (Lipinski definition) is 1. The number of nitrogens with one attached hydrogen (secondary N) is 1. The van der Waals surface area contributed by atoms with Crippen LogP contribution in [0.2, 0.25) is 0 Å². The third kappa shape index (κ3) is 4.44. The van der Waals surface area contributed by atoms with Crippen LogP contribution >= 0.6 is 0 Å². The van der Waals surface area contributed by atoms with E-state index in [4.69, 9.17) is 14.2 Å². The summed E-state index contributed by atoms with van der Waals surface area (Å²) in [6.07, 6.45) is 3.74. The minimum absolute atomic E-state index is 0.448. The summed E-state index contributed by atoms with van der Waals surface area (Å²) >= 11 is 0. The van der Waals surface area contributed by atoms with Crippen LogP contribution in [-0.2, 0) is 17.6 Å². The van der Waals surface area contributed by atoms with E-state index in [-0.39, 0.29) is 0 Å². The molecule has 3 rings (SSSR count). The molecule has 24 heavy (non-hydrogen) atoms. The van der Waals surface area contributed by atoms with Crippen LogP contribution in [0.3, 0.4) is 0 Å². The van der Waals surface area contributed by atoms with Crippen molar-refractivity contribution in [1.82, 2.24) is 5.32 Å². The van der Waals surface area contributed by atoms with Crippen LogP contribution in [-0.4, -0.2) is 26.9 Å². The van der Waals surface area contributed by atoms with Crippen molar-refractivity contribution in [2.45, 2.75) is 12.8 Å². The van der Waals surface area contributed by atoms with Crippen LogP contribution in [0.5, 0.6) is 11.5 Å². The highest BCUT2D eigenvalue weighted by atomic mass is 16.5. The van der Waals surface area contributed by atoms with Gasteiger partial charge in [0.15, 0.2) is 0 Å². The Labute approximate surface area is 143 Å². The van der Waals surface area contributed by atoms with Gasteiger partial charge < -0.3 is 19.5 Å². The molecule has 0 radical (unpaired) electrons. The molecule has 1 aliphatic rings. The summed E-state index contributed by atoms with van der Waals surface area (Å²) in [7, 11) is 1.69. The van der Waals surface area contributed by atoms with Crippen molar-refractivity contribution in [3.63, 3.8) is 0 Å². The van der Waals surface area contributed by atoms with Crippen LogP contribution in [0.15, 0.2) is 60.5 Å². The highest BCUT2D eigenvalue weighted by molar-refractivity contribution is 5.35. The number of ether oxygens (including phenoxy) is 3. The summed E-state index contributed by atoms with van der Waals surface area (Å²) in [5, 5.41) is 3.16. The maximum atomic E-state index is 5.95. The highest BCUT2D eigenvalue weighted by Crippen LogP contribution is 2.22. The van der Waals surface area contributed by atoms with E-state index in [0.717, 1.165) is 36.6 Å². The zero-order valence-corrected chi connectivity index (χ0v) is 14.0. The number of rotatable bonds is 7. The molecule has 4 nitrogen and oxygen atoms in total. The first-order valence-corrected chi connectivity index (χ1v) is 8.24. The molecule has 0 amide bonds. The molecule has 126 valence electrons. The van der Waals surface area contributed by atoms with E-state index in [9.17, 15) is 0 Å². The fraction of sp³-hybridized carbons (Fsp3) is 0.300. The number of benzene rings is 2. The van der Waals surface area contributed by atoms with Gasteiger partial charge >= 0.3 is 0 Å². The first-order chi connectivity index (χ1) is 11.8. The molecule has 1 aliphatic heterocycles. The molecule has 1 heterocycles. The van der Waals surface area contributed by atoms with Gasteiger partial charge in [-0.25, -0.2) is 0 Å². The van der Waals surface area contributed by atoms with Crippen molar-refractivity contribution in [2.75, 3.05) is 26.9 Å². The molecule has 0 aromatic heterocycles. The van der Waals surface area contributed by atoms with Crippen LogP contribution in [0.1, 0.15) is 11.1 Å². The van der Waals surface area contributed by atoms with Gasteiger partial charge in [0.2, 0.25) is 0 Å². The summed E-state index contributed by atoms with van der Waals surface area (Å²) in [6, 6.07) is 16.4. The average molecular weight is 325 g/mol. The second kappa shape index (κ2) is 8.29. The van der Waals surface area contributed by atoms with Gasteiger partial charge in [-0.15, -0.1) is 0 Å². The van der Waals surface area contributed by atoms with E-state index in [0.29, 0.717) is 13.2 Å². The lowest BCUT2D eigenvalue weighted by Gasteiger charge is -2.17. The Hall–Kier alpha value is -2.62. The van der Waals surface area contributed by atoms with Gasteiger partial charge in [0.25, 0.3) is 0 Å². The van der Waals surface area contributed by atoms with Crippen molar-refractivity contribution in [3.8, 4) is 11.5 Å². The second-order valence-electron chi connectivity index (χ2n) is 5.66. The van der Waals surface area contributed by atoms with Crippen molar-refractivity contribution >= 4 is 0 Å². The molecule has 4 heteroatoms. The highest BCUT2D eigenvalue weighted by Gasteiger charge is 2.08. The molecule has 0 atom stereocenters. The molecule has 0 saturated heterocycles. The molecule has 0 unspecified atom stereocenters. The molecular formula is C20H23NO3. The predicted molar refractivity (Wildman–Crippen MR) is 94.4 cm³/mol. The van der Waals surface area contributed by atoms with E-state index < -0.39 is 0 Å². The maximum Gasteiger partial charge on any atom is 0.149 e. The zero-order valence-electron chi connectivity index (χ0n) is 14.0. The molecule has 2 aromatic rings. The number of para-hydroxylation sites is 1. The van der Waals surface area contributed by atoms with E-state index in [1.54, 1.807) is 7.11 Å². The lowest BCUT2D eigenvalue weighted by Crippen LogP contribution is -2.22. The van der Waals surface area contributed by atoms with Crippen molar-refractivity contribution in [3.05, 3.63) is 71.6 Å². The largest absolute Gasteiger partial charge is 0.497 e. The van der Waals surface area contributed by atoms with E-state index in [2.05, 4.69) is 23.5 Å². The van der Waals surface area contributed by atoms with Crippen LogP contribution in [0.25, 0.3) is 0 Å². The zero-order chi connectivity index (χ0) is 16.6. The van der Waals surface area contributed by atoms with Gasteiger partial charge in [-0.3, -0.25) is 0 Å². The minimum atomic E-state index is 0.448. The Morgan fingerprint density at radius 3 is 2.83 bits per heavy atom. The second-order valence-corrected chi connectivity index (χ2v) is 5.66. The van der Waals surface area contributed by atoms with Gasteiger partial charge in [-0.1, -0.05) is 30.3 Å². The SMILES string of the molecule is COc1cccc(CCc2ccccc2OCC2=CNCCO2)c1. The van der Waals surface area contributed by atoms with Crippen LogP contribution in [0, 0.1) is 0 Å². The first-order valence-electron chi connectivity index (χ1n) is 8.24. The third-order valence-corrected chi connectivity index (χ3v) is 3.96. The molecule has 0 fully saturated rings. The summed E-state index contributed by atoms with van der Waals surface area (Å²) in [6.45, 7) is 1.98. The Morgan fingerprint density at radius 1 is 1.08 bits per heavy atom. The smallest absolute Gasteiger partial charge is 0.149 e. The molecule has 0 saturated carbocycles. The number of methoxy groups -OCH3 is 1. The minimum Gasteiger partial charge on any atom is -0.497 e. The molecule has 1 N–H and O–H groups in total. The fourth-order valence-corrected chi connectivity index (χ4v) is 2.66. The fourth-order valence-electron chi connectivity index (χ4n) is 2.66. The van der Waals surface area contributed by atoms with Gasteiger partial charge in [-0.2, -0.15) is 0 Å². The van der Waals surface area contributed by atoms with Gasteiger partial charge in [0.1, 0.15) is 30.5 Å². The third-order valence-electron chi connectivity index (χ3n) is 3.96. The molecule has 0 aliphatic carbocycles. The quantitative estimate of drug-likeness (QED) is 0.848. The van der Waals surface area contributed by atoms with E-state index in [1.165, 1.54) is 11.1 Å². The molecular weight excluding hydrogens is 302 g/mol. The summed E-state index contributed by atoms with van der Waals surface area (Å²) in [5.41, 5.74) is 2.45. The lowest BCUT2D eigenvalue weighted by molar-refractivity contribution is 0.157. The van der Waals surface area contributed by atoms with Crippen molar-refractivity contribution in [2.24, 2.45) is 0 Å². The monoisotopic (exact) mass is 325 g/mol. The Balaban J connectivity index is 1.61. The van der Waals surface area contributed by atoms with E-state index >= 15 is 0 Å². The normalized spacial score (nSPS) is 13.5. The van der Waals surface area contributed by atoms with Gasteiger partial charge in [-0.05, 0) is 42.2 Å². The summed E-state index contributed by atoms with van der Waals surface area (Å²) in [4.78, 5) is 0. The Morgan fingerprint density at radius 2 is 2.00 bits per heavy atom. The predicted octanol–water partition coefficient (Wildman–Crippen LogP) is 3.32. The molecule has 2 aromatic carbocycles. The number of aryl methyl sites for hydroxylation is 2. The standard InChI is InChI=1S/C20H23NO3/c1-22-18-7-4-5-16(13-18)9-10-17-6-2-3-8-20(17)24-15-19-14-21-11-12-23-19/h2-8,13-14,21H,9-12,15H2,1H3. The van der Waals surface area contributed by atoms with E-state index in [1.807, 2.05) is 36.5 Å².